The van der Waals surface area contributed by atoms with Gasteiger partial charge in [0.15, 0.2) is 0 Å². The van der Waals surface area contributed by atoms with Crippen LogP contribution < -0.4 is 5.14 Å². The number of aromatic nitrogens is 2. The molecule has 3 aromatic rings. The van der Waals surface area contributed by atoms with Crippen molar-refractivity contribution < 1.29 is 8.42 Å². The van der Waals surface area contributed by atoms with E-state index >= 15 is 0 Å². The molecule has 20 heavy (non-hydrogen) atoms. The summed E-state index contributed by atoms with van der Waals surface area (Å²) >= 11 is 1.13. The van der Waals surface area contributed by atoms with Gasteiger partial charge >= 0.3 is 0 Å². The minimum absolute atomic E-state index is 0.151. The molecule has 3 rings (SSSR count). The third kappa shape index (κ3) is 2.13. The van der Waals surface area contributed by atoms with Crippen molar-refractivity contribution in [3.05, 3.63) is 41.7 Å². The summed E-state index contributed by atoms with van der Waals surface area (Å²) in [7, 11) is -3.66. The van der Waals surface area contributed by atoms with Crippen LogP contribution in [-0.4, -0.2) is 18.0 Å². The van der Waals surface area contributed by atoms with Gasteiger partial charge in [-0.05, 0) is 49.2 Å². The van der Waals surface area contributed by atoms with Crippen LogP contribution in [0.3, 0.4) is 0 Å². The van der Waals surface area contributed by atoms with E-state index in [0.29, 0.717) is 0 Å². The SMILES string of the molecule is Cc1cc2ncn(-c3ccc(S(N)(=O)=O)s3)c2cc1C. The molecule has 1 aromatic carbocycles. The molecule has 2 N–H and O–H groups in total. The molecule has 0 radical (unpaired) electrons. The lowest BCUT2D eigenvalue weighted by Crippen LogP contribution is -2.09. The van der Waals surface area contributed by atoms with E-state index in [1.165, 1.54) is 17.2 Å². The summed E-state index contributed by atoms with van der Waals surface area (Å²) < 4.78 is 24.7. The van der Waals surface area contributed by atoms with Crippen LogP contribution in [0, 0.1) is 13.8 Å². The smallest absolute Gasteiger partial charge is 0.247 e. The van der Waals surface area contributed by atoms with Crippen LogP contribution in [-0.2, 0) is 10.0 Å². The van der Waals surface area contributed by atoms with Crippen LogP contribution in [0.15, 0.2) is 34.8 Å². The first kappa shape index (κ1) is 13.3. The normalized spacial score (nSPS) is 12.2. The number of primary sulfonamides is 1. The van der Waals surface area contributed by atoms with Gasteiger partial charge < -0.3 is 0 Å². The maximum atomic E-state index is 11.3. The van der Waals surface area contributed by atoms with E-state index in [4.69, 9.17) is 5.14 Å². The Labute approximate surface area is 120 Å². The first-order valence-corrected chi connectivity index (χ1v) is 8.30. The summed E-state index contributed by atoms with van der Waals surface area (Å²) in [6.45, 7) is 4.08. The minimum atomic E-state index is -3.66. The number of imidazole rings is 1. The molecule has 0 amide bonds. The van der Waals surface area contributed by atoms with Crippen molar-refractivity contribution >= 4 is 32.4 Å². The first-order valence-electron chi connectivity index (χ1n) is 5.93. The van der Waals surface area contributed by atoms with E-state index in [-0.39, 0.29) is 4.21 Å². The zero-order valence-electron chi connectivity index (χ0n) is 11.0. The minimum Gasteiger partial charge on any atom is -0.290 e. The van der Waals surface area contributed by atoms with E-state index in [9.17, 15) is 8.42 Å². The van der Waals surface area contributed by atoms with E-state index in [0.717, 1.165) is 27.4 Å². The van der Waals surface area contributed by atoms with Crippen molar-refractivity contribution in [3.8, 4) is 5.00 Å². The van der Waals surface area contributed by atoms with Crippen LogP contribution in [0.2, 0.25) is 0 Å². The number of nitrogens with two attached hydrogens (primary N) is 1. The maximum Gasteiger partial charge on any atom is 0.247 e. The number of aryl methyl sites for hydroxylation is 2. The van der Waals surface area contributed by atoms with Gasteiger partial charge in [0.1, 0.15) is 15.5 Å². The van der Waals surface area contributed by atoms with Crippen molar-refractivity contribution in [2.24, 2.45) is 5.14 Å². The zero-order valence-corrected chi connectivity index (χ0v) is 12.6. The van der Waals surface area contributed by atoms with Gasteiger partial charge in [-0.1, -0.05) is 0 Å². The molecular formula is C13H13N3O2S2. The summed E-state index contributed by atoms with van der Waals surface area (Å²) in [6.07, 6.45) is 1.70. The van der Waals surface area contributed by atoms with E-state index < -0.39 is 10.0 Å². The topological polar surface area (TPSA) is 78.0 Å². The summed E-state index contributed by atoms with van der Waals surface area (Å²) in [5.41, 5.74) is 4.19. The molecule has 5 nitrogen and oxygen atoms in total. The second-order valence-electron chi connectivity index (χ2n) is 4.68. The largest absolute Gasteiger partial charge is 0.290 e. The molecule has 0 spiro atoms. The molecule has 2 heterocycles. The average Bonchev–Trinajstić information content (AvgIpc) is 2.95. The second kappa shape index (κ2) is 4.41. The molecule has 0 saturated carbocycles. The molecule has 0 aliphatic carbocycles. The van der Waals surface area contributed by atoms with E-state index in [1.54, 1.807) is 12.4 Å². The molecule has 0 saturated heterocycles. The van der Waals surface area contributed by atoms with Gasteiger partial charge in [0.25, 0.3) is 0 Å². The van der Waals surface area contributed by atoms with Crippen molar-refractivity contribution in [2.45, 2.75) is 18.1 Å². The fourth-order valence-electron chi connectivity index (χ4n) is 2.03. The van der Waals surface area contributed by atoms with Crippen LogP contribution in [0.1, 0.15) is 11.1 Å². The molecule has 104 valence electrons. The van der Waals surface area contributed by atoms with Gasteiger partial charge in [-0.15, -0.1) is 11.3 Å². The molecule has 0 aliphatic heterocycles. The zero-order chi connectivity index (χ0) is 14.5. The van der Waals surface area contributed by atoms with E-state index in [2.05, 4.69) is 4.98 Å². The van der Waals surface area contributed by atoms with Gasteiger partial charge in [0.05, 0.1) is 11.0 Å². The molecule has 0 atom stereocenters. The highest BCUT2D eigenvalue weighted by atomic mass is 32.2. The predicted molar refractivity (Wildman–Crippen MR) is 79.8 cm³/mol. The summed E-state index contributed by atoms with van der Waals surface area (Å²) in [6, 6.07) is 7.33. The quantitative estimate of drug-likeness (QED) is 0.789. The molecule has 0 aliphatic rings. The van der Waals surface area contributed by atoms with Crippen LogP contribution in [0.25, 0.3) is 16.0 Å². The van der Waals surface area contributed by atoms with Crippen LogP contribution in [0.5, 0.6) is 0 Å². The molecule has 0 fully saturated rings. The molecular weight excluding hydrogens is 294 g/mol. The Hall–Kier alpha value is -1.70. The van der Waals surface area contributed by atoms with Crippen molar-refractivity contribution in [2.75, 3.05) is 0 Å². The Morgan fingerprint density at radius 1 is 1.20 bits per heavy atom. The number of sulfonamides is 1. The second-order valence-corrected chi connectivity index (χ2v) is 7.53. The van der Waals surface area contributed by atoms with Gasteiger partial charge in [0, 0.05) is 0 Å². The molecule has 0 bridgehead atoms. The highest BCUT2D eigenvalue weighted by Gasteiger charge is 2.14. The number of hydrogen-bond acceptors (Lipinski definition) is 4. The van der Waals surface area contributed by atoms with Crippen LogP contribution in [0.4, 0.5) is 0 Å². The van der Waals surface area contributed by atoms with Gasteiger partial charge in [-0.2, -0.15) is 0 Å². The number of fused-ring (bicyclic) bond motifs is 1. The van der Waals surface area contributed by atoms with Gasteiger partial charge in [-0.3, -0.25) is 4.57 Å². The van der Waals surface area contributed by atoms with E-state index in [1.807, 2.05) is 30.5 Å². The standard InChI is InChI=1S/C13H13N3O2S2/c1-8-5-10-11(6-9(8)2)16(7-15-10)12-3-4-13(19-12)20(14,17)18/h3-7H,1-2H3,(H2,14,17,18). The van der Waals surface area contributed by atoms with Crippen molar-refractivity contribution in [1.29, 1.82) is 0 Å². The highest BCUT2D eigenvalue weighted by molar-refractivity contribution is 7.91. The summed E-state index contributed by atoms with van der Waals surface area (Å²) in [5.74, 6) is 0. The Morgan fingerprint density at radius 3 is 2.55 bits per heavy atom. The fraction of sp³-hybridized carbons (Fsp3) is 0.154. The Balaban J connectivity index is 2.20. The van der Waals surface area contributed by atoms with Crippen LogP contribution >= 0.6 is 11.3 Å². The lowest BCUT2D eigenvalue weighted by molar-refractivity contribution is 0.600. The number of rotatable bonds is 2. The summed E-state index contributed by atoms with van der Waals surface area (Å²) in [5, 5.41) is 5.92. The number of nitrogens with zero attached hydrogens (tertiary/aromatic N) is 2. The third-order valence-electron chi connectivity index (χ3n) is 3.25. The maximum absolute atomic E-state index is 11.3. The Kier molecular flexibility index (Phi) is 2.93. The lowest BCUT2D eigenvalue weighted by atomic mass is 10.1. The monoisotopic (exact) mass is 307 g/mol. The highest BCUT2D eigenvalue weighted by Crippen LogP contribution is 2.28. The lowest BCUT2D eigenvalue weighted by Gasteiger charge is -2.03. The molecule has 2 aromatic heterocycles. The first-order chi connectivity index (χ1) is 9.36. The van der Waals surface area contributed by atoms with Crippen molar-refractivity contribution in [3.63, 3.8) is 0 Å². The van der Waals surface area contributed by atoms with Gasteiger partial charge in [-0.25, -0.2) is 18.5 Å². The predicted octanol–water partition coefficient (Wildman–Crippen LogP) is 2.35. The van der Waals surface area contributed by atoms with Gasteiger partial charge in [0.2, 0.25) is 10.0 Å². The van der Waals surface area contributed by atoms with Crippen molar-refractivity contribution in [1.82, 2.24) is 9.55 Å². The molecule has 0 unspecified atom stereocenters. The Bertz CT molecular complexity index is 907. The summed E-state index contributed by atoms with van der Waals surface area (Å²) in [4.78, 5) is 4.36. The number of benzene rings is 1. The average molecular weight is 307 g/mol. The number of hydrogen-bond donors (Lipinski definition) is 1. The fourth-order valence-corrected chi connectivity index (χ4v) is 3.73. The molecule has 7 heteroatoms. The Morgan fingerprint density at radius 2 is 1.90 bits per heavy atom. The third-order valence-corrected chi connectivity index (χ3v) is 5.77. The number of thiophene rings is 1.